The quantitative estimate of drug-likeness (QED) is 0.869. The highest BCUT2D eigenvalue weighted by Crippen LogP contribution is 2.29. The third-order valence-corrected chi connectivity index (χ3v) is 4.32. The Labute approximate surface area is 103 Å². The summed E-state index contributed by atoms with van der Waals surface area (Å²) >= 11 is 17.2. The van der Waals surface area contributed by atoms with E-state index in [0.29, 0.717) is 10.6 Å². The average Bonchev–Trinajstić information content (AvgIpc) is 2.17. The number of hydrogen-bond acceptors (Lipinski definition) is 2. The van der Waals surface area contributed by atoms with Crippen molar-refractivity contribution in [2.24, 2.45) is 0 Å². The van der Waals surface area contributed by atoms with Gasteiger partial charge < -0.3 is 0 Å². The second kappa shape index (κ2) is 4.89. The summed E-state index contributed by atoms with van der Waals surface area (Å²) in [6.07, 6.45) is 0. The van der Waals surface area contributed by atoms with Gasteiger partial charge in [-0.15, -0.1) is 11.6 Å². The van der Waals surface area contributed by atoms with Crippen molar-refractivity contribution in [2.75, 3.05) is 7.05 Å². The fourth-order valence-corrected chi connectivity index (χ4v) is 2.87. The molecule has 84 valence electrons. The maximum Gasteiger partial charge on any atom is 0.241 e. The van der Waals surface area contributed by atoms with Crippen LogP contribution in [0.2, 0.25) is 10.0 Å². The molecule has 0 spiro atoms. The van der Waals surface area contributed by atoms with Crippen LogP contribution in [0.4, 0.5) is 0 Å². The Bertz CT molecular complexity index is 473. The van der Waals surface area contributed by atoms with E-state index in [1.807, 2.05) is 0 Å². The molecular formula is C8H8Cl3NO2S. The molecule has 0 bridgehead atoms. The summed E-state index contributed by atoms with van der Waals surface area (Å²) in [7, 11) is -2.27. The van der Waals surface area contributed by atoms with Crippen LogP contribution in [0.3, 0.4) is 0 Å². The molecule has 0 amide bonds. The van der Waals surface area contributed by atoms with Crippen LogP contribution in [0.1, 0.15) is 5.56 Å². The zero-order valence-electron chi connectivity index (χ0n) is 7.72. The molecule has 1 aromatic rings. The predicted octanol–water partition coefficient (Wildman–Crippen LogP) is 2.64. The monoisotopic (exact) mass is 287 g/mol. The van der Waals surface area contributed by atoms with Gasteiger partial charge in [0.2, 0.25) is 10.0 Å². The van der Waals surface area contributed by atoms with Crippen molar-refractivity contribution < 1.29 is 8.42 Å². The van der Waals surface area contributed by atoms with E-state index in [1.165, 1.54) is 19.2 Å². The zero-order valence-corrected chi connectivity index (χ0v) is 10.8. The molecule has 0 unspecified atom stereocenters. The van der Waals surface area contributed by atoms with E-state index in [1.54, 1.807) is 0 Å². The minimum atomic E-state index is -3.58. The number of rotatable bonds is 3. The zero-order chi connectivity index (χ0) is 11.6. The molecule has 0 aliphatic rings. The standard InChI is InChI=1S/C8H8Cl3NO2S/c1-12-15(13,14)8-2-5(4-9)6(10)3-7(8)11/h2-3,12H,4H2,1H3. The number of hydrogen-bond donors (Lipinski definition) is 1. The van der Waals surface area contributed by atoms with Gasteiger partial charge in [-0.3, -0.25) is 0 Å². The Hall–Kier alpha value is -0.000000000000000111. The van der Waals surface area contributed by atoms with Gasteiger partial charge in [-0.1, -0.05) is 23.2 Å². The summed E-state index contributed by atoms with van der Waals surface area (Å²) in [5.74, 6) is 0.127. The van der Waals surface area contributed by atoms with E-state index in [2.05, 4.69) is 4.72 Å². The van der Waals surface area contributed by atoms with Crippen molar-refractivity contribution in [3.05, 3.63) is 27.7 Å². The van der Waals surface area contributed by atoms with Crippen LogP contribution in [-0.2, 0) is 15.9 Å². The molecule has 15 heavy (non-hydrogen) atoms. The minimum Gasteiger partial charge on any atom is -0.214 e. The summed E-state index contributed by atoms with van der Waals surface area (Å²) in [6.45, 7) is 0. The van der Waals surface area contributed by atoms with Gasteiger partial charge in [-0.2, -0.15) is 0 Å². The first-order valence-electron chi connectivity index (χ1n) is 3.90. The van der Waals surface area contributed by atoms with Crippen LogP contribution in [0, 0.1) is 0 Å². The lowest BCUT2D eigenvalue weighted by molar-refractivity contribution is 0.588. The van der Waals surface area contributed by atoms with Crippen LogP contribution in [0.25, 0.3) is 0 Å². The second-order valence-electron chi connectivity index (χ2n) is 2.72. The molecule has 0 aliphatic heterocycles. The van der Waals surface area contributed by atoms with Crippen LogP contribution in [0.5, 0.6) is 0 Å². The van der Waals surface area contributed by atoms with Crippen LogP contribution >= 0.6 is 34.8 Å². The molecule has 3 nitrogen and oxygen atoms in total. The van der Waals surface area contributed by atoms with Crippen molar-refractivity contribution in [2.45, 2.75) is 10.8 Å². The molecule has 0 aliphatic carbocycles. The van der Waals surface area contributed by atoms with Crippen molar-refractivity contribution in [3.63, 3.8) is 0 Å². The van der Waals surface area contributed by atoms with Gasteiger partial charge in [0, 0.05) is 10.9 Å². The molecular weight excluding hydrogens is 281 g/mol. The predicted molar refractivity (Wildman–Crippen MR) is 62.3 cm³/mol. The molecule has 0 fully saturated rings. The van der Waals surface area contributed by atoms with Gasteiger partial charge in [0.1, 0.15) is 4.90 Å². The third-order valence-electron chi connectivity index (χ3n) is 1.80. The molecule has 1 rings (SSSR count). The largest absolute Gasteiger partial charge is 0.241 e. The summed E-state index contributed by atoms with van der Waals surface area (Å²) in [5.41, 5.74) is 0.525. The summed E-state index contributed by atoms with van der Waals surface area (Å²) in [5, 5.41) is 0.424. The lowest BCUT2D eigenvalue weighted by atomic mass is 10.2. The fourth-order valence-electron chi connectivity index (χ4n) is 0.990. The van der Waals surface area contributed by atoms with Crippen molar-refractivity contribution in [1.29, 1.82) is 0 Å². The second-order valence-corrected chi connectivity index (χ2v) is 5.65. The average molecular weight is 289 g/mol. The highest BCUT2D eigenvalue weighted by Gasteiger charge is 2.17. The Morgan fingerprint density at radius 3 is 2.33 bits per heavy atom. The summed E-state index contributed by atoms with van der Waals surface area (Å²) < 4.78 is 25.2. The van der Waals surface area contributed by atoms with Crippen molar-refractivity contribution >= 4 is 44.8 Å². The third kappa shape index (κ3) is 2.77. The van der Waals surface area contributed by atoms with Crippen molar-refractivity contribution in [1.82, 2.24) is 4.72 Å². The molecule has 0 heterocycles. The summed E-state index contributed by atoms with van der Waals surface area (Å²) in [4.78, 5) is -0.0216. The van der Waals surface area contributed by atoms with E-state index >= 15 is 0 Å². The van der Waals surface area contributed by atoms with Gasteiger partial charge in [0.15, 0.2) is 0 Å². The van der Waals surface area contributed by atoms with Crippen LogP contribution in [-0.4, -0.2) is 15.5 Å². The highest BCUT2D eigenvalue weighted by atomic mass is 35.5. The highest BCUT2D eigenvalue weighted by molar-refractivity contribution is 7.89. The first-order chi connectivity index (χ1) is 6.92. The minimum absolute atomic E-state index is 0.0216. The van der Waals surface area contributed by atoms with Gasteiger partial charge in [-0.25, -0.2) is 13.1 Å². The molecule has 1 aromatic carbocycles. The SMILES string of the molecule is CNS(=O)(=O)c1cc(CCl)c(Cl)cc1Cl. The Morgan fingerprint density at radius 1 is 1.27 bits per heavy atom. The number of halogens is 3. The van der Waals surface area contributed by atoms with E-state index in [-0.39, 0.29) is 15.8 Å². The molecule has 7 heteroatoms. The van der Waals surface area contributed by atoms with Crippen LogP contribution in [0.15, 0.2) is 17.0 Å². The van der Waals surface area contributed by atoms with Gasteiger partial charge in [0.25, 0.3) is 0 Å². The Kier molecular flexibility index (Phi) is 4.26. The van der Waals surface area contributed by atoms with Gasteiger partial charge in [0.05, 0.1) is 5.02 Å². The Morgan fingerprint density at radius 2 is 1.87 bits per heavy atom. The normalized spacial score (nSPS) is 11.7. The molecule has 0 saturated carbocycles. The van der Waals surface area contributed by atoms with E-state index in [4.69, 9.17) is 34.8 Å². The molecule has 0 saturated heterocycles. The maximum absolute atomic E-state index is 11.5. The van der Waals surface area contributed by atoms with E-state index in [9.17, 15) is 8.42 Å². The first kappa shape index (κ1) is 13.1. The first-order valence-corrected chi connectivity index (χ1v) is 6.67. The molecule has 1 N–H and O–H groups in total. The number of alkyl halides is 1. The van der Waals surface area contributed by atoms with E-state index < -0.39 is 10.0 Å². The fraction of sp³-hybridized carbons (Fsp3) is 0.250. The molecule has 0 radical (unpaired) electrons. The smallest absolute Gasteiger partial charge is 0.214 e. The van der Waals surface area contributed by atoms with Crippen LogP contribution < -0.4 is 4.72 Å². The summed E-state index contributed by atoms with van der Waals surface area (Å²) in [6, 6.07) is 2.73. The van der Waals surface area contributed by atoms with E-state index in [0.717, 1.165) is 0 Å². The lowest BCUT2D eigenvalue weighted by Gasteiger charge is -2.08. The molecule has 0 aromatic heterocycles. The van der Waals surface area contributed by atoms with Gasteiger partial charge in [-0.05, 0) is 24.7 Å². The van der Waals surface area contributed by atoms with Crippen molar-refractivity contribution in [3.8, 4) is 0 Å². The van der Waals surface area contributed by atoms with Gasteiger partial charge >= 0.3 is 0 Å². The number of sulfonamides is 1. The Balaban J connectivity index is 3.44. The number of nitrogens with one attached hydrogen (secondary N) is 1. The lowest BCUT2D eigenvalue weighted by Crippen LogP contribution is -2.19. The number of benzene rings is 1. The topological polar surface area (TPSA) is 46.2 Å². The maximum atomic E-state index is 11.5. The molecule has 0 atom stereocenters.